The van der Waals surface area contributed by atoms with Crippen LogP contribution in [0, 0.1) is 12.8 Å². The molecule has 7 heteroatoms. The number of fused-ring (bicyclic) bond motifs is 1. The van der Waals surface area contributed by atoms with Crippen LogP contribution in [0.3, 0.4) is 0 Å². The number of hydrogen-bond acceptors (Lipinski definition) is 5. The second kappa shape index (κ2) is 8.70. The lowest BCUT2D eigenvalue weighted by Gasteiger charge is -2.32. The molecule has 0 amide bonds. The molecule has 0 spiro atoms. The summed E-state index contributed by atoms with van der Waals surface area (Å²) in [4.78, 5) is 26.6. The number of benzene rings is 1. The van der Waals surface area contributed by atoms with Crippen LogP contribution in [-0.2, 0) is 27.1 Å². The fourth-order valence-corrected chi connectivity index (χ4v) is 5.38. The minimum absolute atomic E-state index is 0.0332. The van der Waals surface area contributed by atoms with Gasteiger partial charge in [0, 0.05) is 45.5 Å². The summed E-state index contributed by atoms with van der Waals surface area (Å²) in [5, 5.41) is 0. The maximum atomic E-state index is 12.2. The van der Waals surface area contributed by atoms with Crippen molar-refractivity contribution in [3.05, 3.63) is 51.8 Å². The van der Waals surface area contributed by atoms with E-state index < -0.39 is 0 Å². The summed E-state index contributed by atoms with van der Waals surface area (Å²) in [7, 11) is 3.69. The van der Waals surface area contributed by atoms with E-state index in [2.05, 4.69) is 39.0 Å². The molecule has 2 aliphatic rings. The van der Waals surface area contributed by atoms with E-state index in [0.29, 0.717) is 5.92 Å². The number of piperidine rings is 1. The largest absolute Gasteiger partial charge is 0.357 e. The maximum Gasteiger partial charge on any atom is 0.328 e. The molecular weight excluding hydrogens is 400 g/mol. The van der Waals surface area contributed by atoms with Crippen LogP contribution in [0.2, 0.25) is 0 Å². The molecule has 2 fully saturated rings. The Morgan fingerprint density at radius 1 is 0.938 bits per heavy atom. The van der Waals surface area contributed by atoms with Crippen molar-refractivity contribution < 1.29 is 0 Å². The van der Waals surface area contributed by atoms with Gasteiger partial charge < -0.3 is 4.90 Å². The van der Waals surface area contributed by atoms with Crippen LogP contribution in [-0.4, -0.2) is 50.2 Å². The third kappa shape index (κ3) is 4.18. The summed E-state index contributed by atoms with van der Waals surface area (Å²) >= 11 is 0. The first kappa shape index (κ1) is 21.2. The van der Waals surface area contributed by atoms with Gasteiger partial charge in [0.05, 0.1) is 11.0 Å². The van der Waals surface area contributed by atoms with Crippen molar-refractivity contribution >= 4 is 16.9 Å². The lowest BCUT2D eigenvalue weighted by molar-refractivity contribution is 0.176. The van der Waals surface area contributed by atoms with Gasteiger partial charge in [0.25, 0.3) is 0 Å². The van der Waals surface area contributed by atoms with Crippen molar-refractivity contribution in [3.8, 4) is 0 Å². The normalized spacial score (nSPS) is 18.2. The molecule has 2 aliphatic heterocycles. The number of rotatable bonds is 5. The molecule has 7 nitrogen and oxygen atoms in total. The zero-order chi connectivity index (χ0) is 22.2. The Bertz CT molecular complexity index is 1170. The third-order valence-electron chi connectivity index (χ3n) is 7.26. The number of likely N-dealkylation sites (tertiary alicyclic amines) is 1. The average Bonchev–Trinajstić information content (AvgIpc) is 3.40. The molecule has 0 bridgehead atoms. The number of aromatic nitrogens is 4. The van der Waals surface area contributed by atoms with Crippen molar-refractivity contribution in [2.75, 3.05) is 31.1 Å². The van der Waals surface area contributed by atoms with Crippen LogP contribution >= 0.6 is 0 Å². The molecule has 32 heavy (non-hydrogen) atoms. The van der Waals surface area contributed by atoms with Gasteiger partial charge in [-0.3, -0.25) is 14.0 Å². The first-order valence-corrected chi connectivity index (χ1v) is 11.9. The quantitative estimate of drug-likeness (QED) is 0.618. The summed E-state index contributed by atoms with van der Waals surface area (Å²) in [6.45, 7) is 7.43. The van der Waals surface area contributed by atoms with E-state index in [-0.39, 0.29) is 5.69 Å². The van der Waals surface area contributed by atoms with Gasteiger partial charge in [0.15, 0.2) is 0 Å². The molecule has 4 heterocycles. The molecule has 0 unspecified atom stereocenters. The minimum atomic E-state index is 0.0332. The highest BCUT2D eigenvalue weighted by Crippen LogP contribution is 2.25. The van der Waals surface area contributed by atoms with Crippen molar-refractivity contribution in [1.82, 2.24) is 24.0 Å². The lowest BCUT2D eigenvalue weighted by Crippen LogP contribution is -2.34. The van der Waals surface area contributed by atoms with Crippen LogP contribution in [0.5, 0.6) is 0 Å². The van der Waals surface area contributed by atoms with Gasteiger partial charge in [-0.25, -0.2) is 14.8 Å². The van der Waals surface area contributed by atoms with E-state index >= 15 is 0 Å². The molecule has 0 N–H and O–H groups in total. The van der Waals surface area contributed by atoms with Gasteiger partial charge in [-0.2, -0.15) is 0 Å². The van der Waals surface area contributed by atoms with E-state index in [1.54, 1.807) is 9.13 Å². The van der Waals surface area contributed by atoms with Crippen LogP contribution in [0.4, 0.5) is 5.82 Å². The molecular formula is C25H34N6O. The number of imidazole rings is 1. The molecule has 2 aromatic heterocycles. The molecule has 2 saturated heterocycles. The fourth-order valence-electron chi connectivity index (χ4n) is 5.38. The molecule has 0 radical (unpaired) electrons. The SMILES string of the molecule is Cc1nc(CC2CCN(Cc3ccc4c(c3)n(C)c(=O)n4C)CC2)cc(N2CCCC2)n1. The summed E-state index contributed by atoms with van der Waals surface area (Å²) in [5.74, 6) is 2.70. The number of anilines is 1. The van der Waals surface area contributed by atoms with Gasteiger partial charge in [-0.05, 0) is 75.7 Å². The van der Waals surface area contributed by atoms with Crippen molar-refractivity contribution in [2.24, 2.45) is 20.0 Å². The molecule has 0 aliphatic carbocycles. The third-order valence-corrected chi connectivity index (χ3v) is 7.26. The van der Waals surface area contributed by atoms with Crippen molar-refractivity contribution in [1.29, 1.82) is 0 Å². The molecule has 3 aromatic rings. The van der Waals surface area contributed by atoms with Gasteiger partial charge in [-0.1, -0.05) is 6.07 Å². The van der Waals surface area contributed by atoms with E-state index in [9.17, 15) is 4.79 Å². The monoisotopic (exact) mass is 434 g/mol. The van der Waals surface area contributed by atoms with E-state index in [4.69, 9.17) is 4.98 Å². The molecule has 5 rings (SSSR count). The van der Waals surface area contributed by atoms with E-state index in [0.717, 1.165) is 61.8 Å². The molecule has 0 saturated carbocycles. The minimum Gasteiger partial charge on any atom is -0.357 e. The van der Waals surface area contributed by atoms with Crippen molar-refractivity contribution in [2.45, 2.75) is 45.6 Å². The molecule has 1 aromatic carbocycles. The first-order valence-electron chi connectivity index (χ1n) is 11.9. The summed E-state index contributed by atoms with van der Waals surface area (Å²) in [6.07, 6.45) is 5.99. The standard InChI is InChI=1S/C25H34N6O/c1-18-26-21(16-24(27-18)31-10-4-5-11-31)14-19-8-12-30(13-9-19)17-20-6-7-22-23(15-20)29(3)25(32)28(22)2/h6-7,15-16,19H,4-5,8-14,17H2,1-3H3. The Morgan fingerprint density at radius 2 is 1.66 bits per heavy atom. The number of nitrogens with zero attached hydrogens (tertiary/aromatic N) is 6. The smallest absolute Gasteiger partial charge is 0.328 e. The van der Waals surface area contributed by atoms with Crippen LogP contribution < -0.4 is 10.6 Å². The maximum absolute atomic E-state index is 12.2. The summed E-state index contributed by atoms with van der Waals surface area (Å²) < 4.78 is 3.46. The van der Waals surface area contributed by atoms with E-state index in [1.165, 1.54) is 36.9 Å². The van der Waals surface area contributed by atoms with Crippen LogP contribution in [0.15, 0.2) is 29.1 Å². The molecule has 170 valence electrons. The first-order chi connectivity index (χ1) is 15.5. The second-order valence-corrected chi connectivity index (χ2v) is 9.61. The Morgan fingerprint density at radius 3 is 2.41 bits per heavy atom. The Hall–Kier alpha value is -2.67. The van der Waals surface area contributed by atoms with Gasteiger partial charge in [0.2, 0.25) is 0 Å². The highest BCUT2D eigenvalue weighted by atomic mass is 16.1. The zero-order valence-corrected chi connectivity index (χ0v) is 19.5. The summed E-state index contributed by atoms with van der Waals surface area (Å²) in [5.41, 5.74) is 4.52. The topological polar surface area (TPSA) is 59.2 Å². The highest BCUT2D eigenvalue weighted by molar-refractivity contribution is 5.76. The Kier molecular flexibility index (Phi) is 5.76. The number of hydrogen-bond donors (Lipinski definition) is 0. The zero-order valence-electron chi connectivity index (χ0n) is 19.5. The Labute approximate surface area is 189 Å². The second-order valence-electron chi connectivity index (χ2n) is 9.61. The van der Waals surface area contributed by atoms with E-state index in [1.807, 2.05) is 21.0 Å². The fraction of sp³-hybridized carbons (Fsp3) is 0.560. The molecule has 0 atom stereocenters. The van der Waals surface area contributed by atoms with Crippen LogP contribution in [0.25, 0.3) is 11.0 Å². The number of aryl methyl sites for hydroxylation is 3. The predicted molar refractivity (Wildman–Crippen MR) is 128 cm³/mol. The van der Waals surface area contributed by atoms with Crippen molar-refractivity contribution in [3.63, 3.8) is 0 Å². The van der Waals surface area contributed by atoms with Gasteiger partial charge >= 0.3 is 5.69 Å². The summed E-state index contributed by atoms with van der Waals surface area (Å²) in [6, 6.07) is 8.64. The predicted octanol–water partition coefficient (Wildman–Crippen LogP) is 3.03. The van der Waals surface area contributed by atoms with Gasteiger partial charge in [0.1, 0.15) is 11.6 Å². The van der Waals surface area contributed by atoms with Crippen LogP contribution in [0.1, 0.15) is 42.8 Å². The van der Waals surface area contributed by atoms with Gasteiger partial charge in [-0.15, -0.1) is 0 Å². The average molecular weight is 435 g/mol. The highest BCUT2D eigenvalue weighted by Gasteiger charge is 2.22. The lowest BCUT2D eigenvalue weighted by atomic mass is 9.91. The Balaban J connectivity index is 1.20.